The molecule has 11 heteroatoms. The van der Waals surface area contributed by atoms with Gasteiger partial charge in [0, 0.05) is 16.9 Å². The summed E-state index contributed by atoms with van der Waals surface area (Å²) in [5, 5.41) is 31.5. The lowest BCUT2D eigenvalue weighted by atomic mass is 10.1. The van der Waals surface area contributed by atoms with Crippen LogP contribution in [0.25, 0.3) is 5.70 Å². The van der Waals surface area contributed by atoms with Crippen molar-refractivity contribution in [2.24, 2.45) is 0 Å². The standard InChI is InChI=1S/C24H17ClF3N3O4/c25-17-3-1-2-4-18(17)31-19(12-21(29)24(26,27)28)13-5-7-14(8-6-13)22(33)30-15-9-10-20(32)16(11-15)23(34)35/h1-12,29,31-32H,(H,30,33)(H,34,35)/b19-12-,29-21?. The number of carbonyl (C=O) groups excluding carboxylic acids is 1. The first-order valence-corrected chi connectivity index (χ1v) is 10.2. The number of phenols is 1. The number of carboxylic acid groups (broad SMARTS) is 1. The van der Waals surface area contributed by atoms with Crippen LogP contribution in [0.2, 0.25) is 5.02 Å². The third-order valence-corrected chi connectivity index (χ3v) is 5.01. The highest BCUT2D eigenvalue weighted by atomic mass is 35.5. The molecule has 7 nitrogen and oxygen atoms in total. The zero-order chi connectivity index (χ0) is 25.8. The first-order chi connectivity index (χ1) is 16.5. The fourth-order valence-electron chi connectivity index (χ4n) is 2.91. The van der Waals surface area contributed by atoms with Gasteiger partial charge in [-0.3, -0.25) is 10.2 Å². The number of allylic oxidation sites excluding steroid dienone is 1. The van der Waals surface area contributed by atoms with E-state index in [1.807, 2.05) is 0 Å². The Morgan fingerprint density at radius 3 is 2.17 bits per heavy atom. The third kappa shape index (κ3) is 6.39. The molecule has 3 rings (SSSR count). The highest BCUT2D eigenvalue weighted by Gasteiger charge is 2.33. The van der Waals surface area contributed by atoms with E-state index in [9.17, 15) is 27.9 Å². The molecule has 0 heterocycles. The van der Waals surface area contributed by atoms with E-state index in [-0.39, 0.29) is 27.5 Å². The molecule has 35 heavy (non-hydrogen) atoms. The lowest BCUT2D eigenvalue weighted by molar-refractivity contribution is -0.0584. The van der Waals surface area contributed by atoms with Crippen LogP contribution in [-0.2, 0) is 0 Å². The Morgan fingerprint density at radius 2 is 1.57 bits per heavy atom. The van der Waals surface area contributed by atoms with Crippen LogP contribution >= 0.6 is 11.6 Å². The van der Waals surface area contributed by atoms with Crippen molar-refractivity contribution in [3.8, 4) is 5.75 Å². The van der Waals surface area contributed by atoms with E-state index in [4.69, 9.17) is 22.1 Å². The maximum Gasteiger partial charge on any atom is 0.432 e. The van der Waals surface area contributed by atoms with Gasteiger partial charge >= 0.3 is 12.1 Å². The molecular weight excluding hydrogens is 487 g/mol. The molecule has 1 amide bonds. The van der Waals surface area contributed by atoms with Gasteiger partial charge in [0.2, 0.25) is 0 Å². The van der Waals surface area contributed by atoms with Crippen molar-refractivity contribution in [3.63, 3.8) is 0 Å². The molecule has 0 bridgehead atoms. The number of carboxylic acids is 1. The number of benzene rings is 3. The summed E-state index contributed by atoms with van der Waals surface area (Å²) in [4.78, 5) is 23.7. The number of rotatable bonds is 7. The van der Waals surface area contributed by atoms with Crippen LogP contribution in [0.3, 0.4) is 0 Å². The zero-order valence-electron chi connectivity index (χ0n) is 17.7. The van der Waals surface area contributed by atoms with Gasteiger partial charge in [-0.2, -0.15) is 13.2 Å². The Labute approximate surface area is 202 Å². The van der Waals surface area contributed by atoms with E-state index in [0.717, 1.165) is 12.1 Å². The maximum absolute atomic E-state index is 13.0. The van der Waals surface area contributed by atoms with Crippen molar-refractivity contribution >= 4 is 46.3 Å². The number of nitrogens with one attached hydrogen (secondary N) is 3. The molecule has 0 fully saturated rings. The number of alkyl halides is 3. The van der Waals surface area contributed by atoms with Gasteiger partial charge in [-0.05, 0) is 54.1 Å². The lowest BCUT2D eigenvalue weighted by Crippen LogP contribution is -2.20. The molecule has 0 aromatic heterocycles. The van der Waals surface area contributed by atoms with Crippen LogP contribution < -0.4 is 10.6 Å². The molecular formula is C24H17ClF3N3O4. The largest absolute Gasteiger partial charge is 0.507 e. The highest BCUT2D eigenvalue weighted by Crippen LogP contribution is 2.28. The molecule has 180 valence electrons. The number of amides is 1. The summed E-state index contributed by atoms with van der Waals surface area (Å²) in [7, 11) is 0. The van der Waals surface area contributed by atoms with E-state index >= 15 is 0 Å². The molecule has 3 aromatic carbocycles. The number of aromatic hydroxyl groups is 1. The monoisotopic (exact) mass is 503 g/mol. The molecule has 0 aliphatic heterocycles. The quantitative estimate of drug-likeness (QED) is 0.199. The number of hydrogen-bond donors (Lipinski definition) is 5. The van der Waals surface area contributed by atoms with Gasteiger partial charge in [0.05, 0.1) is 10.7 Å². The first kappa shape index (κ1) is 25.3. The average molecular weight is 504 g/mol. The van der Waals surface area contributed by atoms with Crippen molar-refractivity contribution in [2.45, 2.75) is 6.18 Å². The number of anilines is 2. The second-order valence-electron chi connectivity index (χ2n) is 7.14. The van der Waals surface area contributed by atoms with Gasteiger partial charge in [0.15, 0.2) is 0 Å². The number of hydrogen-bond acceptors (Lipinski definition) is 5. The molecule has 0 unspecified atom stereocenters. The van der Waals surface area contributed by atoms with Crippen LogP contribution in [-0.4, -0.2) is 34.0 Å². The Kier molecular flexibility index (Phi) is 7.46. The second kappa shape index (κ2) is 10.3. The first-order valence-electron chi connectivity index (χ1n) is 9.83. The molecule has 0 radical (unpaired) electrons. The fourth-order valence-corrected chi connectivity index (χ4v) is 3.10. The van der Waals surface area contributed by atoms with Gasteiger partial charge in [0.1, 0.15) is 17.0 Å². The van der Waals surface area contributed by atoms with Gasteiger partial charge in [-0.15, -0.1) is 0 Å². The van der Waals surface area contributed by atoms with Gasteiger partial charge in [0.25, 0.3) is 5.91 Å². The smallest absolute Gasteiger partial charge is 0.432 e. The van der Waals surface area contributed by atoms with E-state index in [1.165, 1.54) is 30.3 Å². The summed E-state index contributed by atoms with van der Waals surface area (Å²) in [5.41, 5.74) is -1.25. The minimum Gasteiger partial charge on any atom is -0.507 e. The number of aromatic carboxylic acids is 1. The van der Waals surface area contributed by atoms with E-state index < -0.39 is 35.1 Å². The van der Waals surface area contributed by atoms with E-state index in [0.29, 0.717) is 11.8 Å². The SMILES string of the molecule is N=C(/C=C(\Nc1ccccc1Cl)c1ccc(C(=O)Nc2ccc(O)c(C(=O)O)c2)cc1)C(F)(F)F. The minimum atomic E-state index is -4.87. The lowest BCUT2D eigenvalue weighted by Gasteiger charge is -2.15. The van der Waals surface area contributed by atoms with Crippen molar-refractivity contribution in [1.82, 2.24) is 0 Å². The molecule has 0 spiro atoms. The number of para-hydroxylation sites is 1. The summed E-state index contributed by atoms with van der Waals surface area (Å²) in [5.74, 6) is -2.46. The zero-order valence-corrected chi connectivity index (χ0v) is 18.4. The normalized spacial score (nSPS) is 11.6. The fraction of sp³-hybridized carbons (Fsp3) is 0.0417. The second-order valence-corrected chi connectivity index (χ2v) is 7.55. The predicted molar refractivity (Wildman–Crippen MR) is 126 cm³/mol. The van der Waals surface area contributed by atoms with Gasteiger partial charge < -0.3 is 20.8 Å². The predicted octanol–water partition coefficient (Wildman–Crippen LogP) is 6.03. The topological polar surface area (TPSA) is 123 Å². The number of halogens is 4. The highest BCUT2D eigenvalue weighted by molar-refractivity contribution is 6.33. The average Bonchev–Trinajstić information content (AvgIpc) is 2.80. The van der Waals surface area contributed by atoms with E-state index in [1.54, 1.807) is 24.3 Å². The maximum atomic E-state index is 13.0. The summed E-state index contributed by atoms with van der Waals surface area (Å²) >= 11 is 6.10. The third-order valence-electron chi connectivity index (χ3n) is 4.68. The molecule has 0 atom stereocenters. The van der Waals surface area contributed by atoms with Crippen LogP contribution in [0.5, 0.6) is 5.75 Å². The van der Waals surface area contributed by atoms with Crippen molar-refractivity contribution in [1.29, 1.82) is 5.41 Å². The molecule has 3 aromatic rings. The van der Waals surface area contributed by atoms with Gasteiger partial charge in [-0.25, -0.2) is 4.79 Å². The summed E-state index contributed by atoms with van der Waals surface area (Å²) < 4.78 is 39.0. The summed E-state index contributed by atoms with van der Waals surface area (Å²) in [6.07, 6.45) is -4.26. The van der Waals surface area contributed by atoms with Crippen LogP contribution in [0.4, 0.5) is 24.5 Å². The van der Waals surface area contributed by atoms with Crippen LogP contribution in [0.1, 0.15) is 26.3 Å². The van der Waals surface area contributed by atoms with Crippen molar-refractivity contribution < 1.29 is 33.0 Å². The Morgan fingerprint density at radius 1 is 0.943 bits per heavy atom. The van der Waals surface area contributed by atoms with E-state index in [2.05, 4.69) is 10.6 Å². The van der Waals surface area contributed by atoms with Crippen LogP contribution in [0.15, 0.2) is 72.8 Å². The van der Waals surface area contributed by atoms with Crippen molar-refractivity contribution in [2.75, 3.05) is 10.6 Å². The van der Waals surface area contributed by atoms with Gasteiger partial charge in [-0.1, -0.05) is 35.9 Å². The Bertz CT molecular complexity index is 1320. The molecule has 0 saturated carbocycles. The Balaban J connectivity index is 1.87. The molecule has 0 aliphatic carbocycles. The minimum absolute atomic E-state index is 0.0722. The molecule has 5 N–H and O–H groups in total. The molecule has 0 saturated heterocycles. The summed E-state index contributed by atoms with van der Waals surface area (Å²) in [6.45, 7) is 0. The molecule has 0 aliphatic rings. The number of carbonyl (C=O) groups is 2. The summed E-state index contributed by atoms with van der Waals surface area (Å²) in [6, 6.07) is 15.4. The van der Waals surface area contributed by atoms with Crippen molar-refractivity contribution in [3.05, 3.63) is 94.5 Å². The van der Waals surface area contributed by atoms with Crippen LogP contribution in [0, 0.1) is 5.41 Å². The Hall–Kier alpha value is -4.31.